The molecule has 0 atom stereocenters. The number of thioether (sulfide) groups is 1. The van der Waals surface area contributed by atoms with Gasteiger partial charge in [0.05, 0.1) is 12.0 Å². The fourth-order valence-electron chi connectivity index (χ4n) is 2.99. The zero-order valence-corrected chi connectivity index (χ0v) is 15.5. The van der Waals surface area contributed by atoms with E-state index in [0.29, 0.717) is 32.6 Å². The fourth-order valence-corrected chi connectivity index (χ4v) is 3.40. The molecule has 0 spiro atoms. The van der Waals surface area contributed by atoms with Gasteiger partial charge in [-0.25, -0.2) is 4.39 Å². The summed E-state index contributed by atoms with van der Waals surface area (Å²) in [6, 6.07) is 14.0. The predicted octanol–water partition coefficient (Wildman–Crippen LogP) is 3.07. The van der Waals surface area contributed by atoms with Crippen molar-refractivity contribution in [2.45, 2.75) is 11.3 Å². The molecule has 0 unspecified atom stereocenters. The van der Waals surface area contributed by atoms with Gasteiger partial charge in [0.15, 0.2) is 0 Å². The van der Waals surface area contributed by atoms with E-state index in [1.807, 2.05) is 30.5 Å². The lowest BCUT2D eigenvalue weighted by Gasteiger charge is -2.35. The van der Waals surface area contributed by atoms with Crippen LogP contribution in [0.4, 0.5) is 4.39 Å². The van der Waals surface area contributed by atoms with Gasteiger partial charge in [0.25, 0.3) is 5.91 Å². The van der Waals surface area contributed by atoms with Gasteiger partial charge in [-0.3, -0.25) is 9.59 Å². The topological polar surface area (TPSA) is 40.6 Å². The van der Waals surface area contributed by atoms with E-state index < -0.39 is 5.82 Å². The van der Waals surface area contributed by atoms with Crippen molar-refractivity contribution in [3.8, 4) is 0 Å². The van der Waals surface area contributed by atoms with Crippen LogP contribution in [0, 0.1) is 5.82 Å². The Morgan fingerprint density at radius 2 is 1.58 bits per heavy atom. The summed E-state index contributed by atoms with van der Waals surface area (Å²) in [5, 5.41) is 0. The smallest absolute Gasteiger partial charge is 0.256 e. The Bertz CT molecular complexity index is 787. The summed E-state index contributed by atoms with van der Waals surface area (Å²) in [5.74, 6) is -0.771. The predicted molar refractivity (Wildman–Crippen MR) is 101 cm³/mol. The summed E-state index contributed by atoms with van der Waals surface area (Å²) in [4.78, 5) is 29.5. The van der Waals surface area contributed by atoms with Gasteiger partial charge in [0, 0.05) is 31.1 Å². The van der Waals surface area contributed by atoms with Crippen molar-refractivity contribution in [1.82, 2.24) is 9.80 Å². The highest BCUT2D eigenvalue weighted by atomic mass is 32.2. The number of nitrogens with zero attached hydrogens (tertiary/aromatic N) is 2. The van der Waals surface area contributed by atoms with Crippen molar-refractivity contribution >= 4 is 23.6 Å². The first-order valence-electron chi connectivity index (χ1n) is 8.53. The monoisotopic (exact) mass is 372 g/mol. The number of benzene rings is 2. The van der Waals surface area contributed by atoms with Gasteiger partial charge in [-0.2, -0.15) is 0 Å². The molecule has 4 nitrogen and oxygen atoms in total. The van der Waals surface area contributed by atoms with E-state index in [1.54, 1.807) is 33.7 Å². The standard InChI is InChI=1S/C20H21FN2O2S/c1-26-16-8-6-15(7-9-16)14-19(24)22-10-12-23(13-11-22)20(25)17-4-2-3-5-18(17)21/h2-9H,10-14H2,1H3. The second kappa shape index (κ2) is 8.36. The maximum Gasteiger partial charge on any atom is 0.256 e. The van der Waals surface area contributed by atoms with Crippen LogP contribution in [0.2, 0.25) is 0 Å². The lowest BCUT2D eigenvalue weighted by molar-refractivity contribution is -0.131. The zero-order valence-electron chi connectivity index (χ0n) is 14.7. The summed E-state index contributed by atoms with van der Waals surface area (Å²) in [7, 11) is 0. The Morgan fingerprint density at radius 1 is 0.962 bits per heavy atom. The van der Waals surface area contributed by atoms with E-state index in [9.17, 15) is 14.0 Å². The average Bonchev–Trinajstić information content (AvgIpc) is 2.68. The van der Waals surface area contributed by atoms with Crippen LogP contribution in [0.5, 0.6) is 0 Å². The zero-order chi connectivity index (χ0) is 18.5. The summed E-state index contributed by atoms with van der Waals surface area (Å²) in [6.07, 6.45) is 2.37. The quantitative estimate of drug-likeness (QED) is 0.775. The third-order valence-electron chi connectivity index (χ3n) is 4.54. The first-order chi connectivity index (χ1) is 12.6. The molecule has 3 rings (SSSR count). The summed E-state index contributed by atoms with van der Waals surface area (Å²) in [5.41, 5.74) is 1.07. The van der Waals surface area contributed by atoms with Crippen LogP contribution in [0.3, 0.4) is 0 Å². The molecule has 0 radical (unpaired) electrons. The van der Waals surface area contributed by atoms with Crippen LogP contribution in [-0.2, 0) is 11.2 Å². The third kappa shape index (κ3) is 4.25. The Morgan fingerprint density at radius 3 is 2.19 bits per heavy atom. The molecule has 1 saturated heterocycles. The van der Waals surface area contributed by atoms with Crippen LogP contribution in [-0.4, -0.2) is 54.0 Å². The van der Waals surface area contributed by atoms with Crippen molar-refractivity contribution in [2.24, 2.45) is 0 Å². The fraction of sp³-hybridized carbons (Fsp3) is 0.300. The van der Waals surface area contributed by atoms with Crippen LogP contribution in [0.1, 0.15) is 15.9 Å². The van der Waals surface area contributed by atoms with Crippen LogP contribution < -0.4 is 0 Å². The van der Waals surface area contributed by atoms with Gasteiger partial charge in [-0.15, -0.1) is 11.8 Å². The van der Waals surface area contributed by atoms with Gasteiger partial charge >= 0.3 is 0 Å². The van der Waals surface area contributed by atoms with Gasteiger partial charge in [-0.1, -0.05) is 24.3 Å². The number of amides is 2. The lowest BCUT2D eigenvalue weighted by Crippen LogP contribution is -2.51. The average molecular weight is 372 g/mol. The maximum absolute atomic E-state index is 13.8. The maximum atomic E-state index is 13.8. The number of halogens is 1. The largest absolute Gasteiger partial charge is 0.339 e. The van der Waals surface area contributed by atoms with Crippen molar-refractivity contribution in [3.05, 3.63) is 65.5 Å². The van der Waals surface area contributed by atoms with Gasteiger partial charge in [-0.05, 0) is 36.1 Å². The Kier molecular flexibility index (Phi) is 5.93. The van der Waals surface area contributed by atoms with E-state index in [4.69, 9.17) is 0 Å². The normalized spacial score (nSPS) is 14.4. The molecule has 2 aromatic rings. The first-order valence-corrected chi connectivity index (χ1v) is 9.75. The minimum Gasteiger partial charge on any atom is -0.339 e. The molecule has 6 heteroatoms. The Labute approximate surface area is 157 Å². The molecule has 1 heterocycles. The number of carbonyl (C=O) groups excluding carboxylic acids is 2. The molecule has 1 aliphatic rings. The highest BCUT2D eigenvalue weighted by Crippen LogP contribution is 2.16. The molecule has 136 valence electrons. The van der Waals surface area contributed by atoms with E-state index in [2.05, 4.69) is 0 Å². The lowest BCUT2D eigenvalue weighted by atomic mass is 10.1. The summed E-state index contributed by atoms with van der Waals surface area (Å²) >= 11 is 1.67. The number of rotatable bonds is 4. The summed E-state index contributed by atoms with van der Waals surface area (Å²) < 4.78 is 13.8. The van der Waals surface area contributed by atoms with Gasteiger partial charge < -0.3 is 9.80 Å². The molecule has 26 heavy (non-hydrogen) atoms. The van der Waals surface area contributed by atoms with Gasteiger partial charge in [0.1, 0.15) is 5.82 Å². The van der Waals surface area contributed by atoms with Crippen LogP contribution in [0.15, 0.2) is 53.4 Å². The van der Waals surface area contributed by atoms with E-state index in [0.717, 1.165) is 5.56 Å². The number of piperazine rings is 1. The molecule has 0 saturated carbocycles. The second-order valence-corrected chi connectivity index (χ2v) is 7.06. The molecule has 0 bridgehead atoms. The van der Waals surface area contributed by atoms with Crippen molar-refractivity contribution in [2.75, 3.05) is 32.4 Å². The number of hydrogen-bond donors (Lipinski definition) is 0. The Balaban J connectivity index is 1.55. The van der Waals surface area contributed by atoms with Crippen molar-refractivity contribution in [3.63, 3.8) is 0 Å². The van der Waals surface area contributed by atoms with Crippen LogP contribution in [0.25, 0.3) is 0 Å². The second-order valence-electron chi connectivity index (χ2n) is 6.18. The number of hydrogen-bond acceptors (Lipinski definition) is 3. The summed E-state index contributed by atoms with van der Waals surface area (Å²) in [6.45, 7) is 1.79. The molecule has 2 amide bonds. The van der Waals surface area contributed by atoms with E-state index in [1.165, 1.54) is 17.0 Å². The van der Waals surface area contributed by atoms with E-state index >= 15 is 0 Å². The molecule has 1 aliphatic heterocycles. The van der Waals surface area contributed by atoms with Crippen molar-refractivity contribution in [1.29, 1.82) is 0 Å². The molecular weight excluding hydrogens is 351 g/mol. The molecule has 0 N–H and O–H groups in total. The number of carbonyl (C=O) groups is 2. The van der Waals surface area contributed by atoms with Crippen LogP contribution >= 0.6 is 11.8 Å². The minimum absolute atomic E-state index is 0.0555. The molecule has 1 fully saturated rings. The highest BCUT2D eigenvalue weighted by Gasteiger charge is 2.26. The minimum atomic E-state index is -0.510. The molecular formula is C20H21FN2O2S. The SMILES string of the molecule is CSc1ccc(CC(=O)N2CCN(C(=O)c3ccccc3F)CC2)cc1. The molecule has 2 aromatic carbocycles. The van der Waals surface area contributed by atoms with Crippen molar-refractivity contribution < 1.29 is 14.0 Å². The third-order valence-corrected chi connectivity index (χ3v) is 5.28. The molecule has 0 aromatic heterocycles. The van der Waals surface area contributed by atoms with E-state index in [-0.39, 0.29) is 17.4 Å². The Hall–Kier alpha value is -2.34. The first kappa shape index (κ1) is 18.5. The highest BCUT2D eigenvalue weighted by molar-refractivity contribution is 7.98. The molecule has 0 aliphatic carbocycles. The van der Waals surface area contributed by atoms with Gasteiger partial charge in [0.2, 0.25) is 5.91 Å².